The van der Waals surface area contributed by atoms with Crippen LogP contribution >= 0.6 is 0 Å². The van der Waals surface area contributed by atoms with Crippen molar-refractivity contribution in [2.75, 3.05) is 13.7 Å². The molecule has 2 aliphatic rings. The van der Waals surface area contributed by atoms with Gasteiger partial charge in [-0.3, -0.25) is 0 Å². The minimum atomic E-state index is -4.59. The van der Waals surface area contributed by atoms with E-state index in [-0.39, 0.29) is 17.0 Å². The molecule has 5 nitrogen and oxygen atoms in total. The maximum absolute atomic E-state index is 13.8. The van der Waals surface area contributed by atoms with Crippen molar-refractivity contribution in [3.8, 4) is 0 Å². The second-order valence-corrected chi connectivity index (χ2v) is 7.73. The Balaban J connectivity index is 2.30. The molecule has 156 valence electrons. The fraction of sp³-hybridized carbons (Fsp3) is 0.429. The molecule has 0 amide bonds. The number of nitrogens with zero attached hydrogens (tertiary/aromatic N) is 1. The molecule has 1 N–H and O–H groups in total. The second kappa shape index (κ2) is 7.24. The van der Waals surface area contributed by atoms with Crippen LogP contribution in [-0.4, -0.2) is 31.1 Å². The molecule has 0 spiro atoms. The van der Waals surface area contributed by atoms with Crippen LogP contribution in [0.2, 0.25) is 0 Å². The first-order valence-electron chi connectivity index (χ1n) is 9.12. The maximum atomic E-state index is 13.8. The standard InChI is InChI=1S/C21H23F3N2O3/c1-11-15(18-26-20(3,4)10-29-18)17(16(12(2)25-11)19(27)28-5)13-8-6-7-9-14(13)21(22,23)24/h6-9,17,25H,10H2,1-5H3. The summed E-state index contributed by atoms with van der Waals surface area (Å²) in [6, 6.07) is 5.23. The van der Waals surface area contributed by atoms with E-state index in [1.807, 2.05) is 13.8 Å². The van der Waals surface area contributed by atoms with E-state index in [0.717, 1.165) is 6.07 Å². The summed E-state index contributed by atoms with van der Waals surface area (Å²) in [6.45, 7) is 7.40. The Bertz CT molecular complexity index is 943. The first-order valence-corrected chi connectivity index (χ1v) is 9.12. The molecule has 1 unspecified atom stereocenters. The Hall–Kier alpha value is -2.77. The average molecular weight is 408 g/mol. The van der Waals surface area contributed by atoms with Crippen LogP contribution in [0, 0.1) is 0 Å². The number of allylic oxidation sites excluding steroid dienone is 2. The maximum Gasteiger partial charge on any atom is 0.416 e. The fourth-order valence-electron chi connectivity index (χ4n) is 3.70. The lowest BCUT2D eigenvalue weighted by molar-refractivity contribution is -0.139. The molecule has 1 atom stereocenters. The lowest BCUT2D eigenvalue weighted by atomic mass is 9.78. The van der Waals surface area contributed by atoms with Crippen LogP contribution in [0.15, 0.2) is 51.8 Å². The normalized spacial score (nSPS) is 21.5. The second-order valence-electron chi connectivity index (χ2n) is 7.73. The van der Waals surface area contributed by atoms with Crippen LogP contribution in [0.25, 0.3) is 0 Å². The zero-order chi connectivity index (χ0) is 21.6. The number of alkyl halides is 3. The van der Waals surface area contributed by atoms with E-state index < -0.39 is 29.2 Å². The van der Waals surface area contributed by atoms with E-state index >= 15 is 0 Å². The highest BCUT2D eigenvalue weighted by atomic mass is 19.4. The average Bonchev–Trinajstić information content (AvgIpc) is 2.99. The number of rotatable bonds is 3. The van der Waals surface area contributed by atoms with Crippen LogP contribution in [0.4, 0.5) is 13.2 Å². The van der Waals surface area contributed by atoms with Crippen LogP contribution in [0.1, 0.15) is 44.7 Å². The molecule has 1 aromatic rings. The van der Waals surface area contributed by atoms with E-state index in [1.54, 1.807) is 13.8 Å². The number of dihydropyridines is 1. The van der Waals surface area contributed by atoms with Crippen molar-refractivity contribution in [1.82, 2.24) is 5.32 Å². The molecule has 0 saturated carbocycles. The first kappa shape index (κ1) is 21.0. The molecule has 29 heavy (non-hydrogen) atoms. The van der Waals surface area contributed by atoms with Gasteiger partial charge in [-0.1, -0.05) is 18.2 Å². The molecule has 1 aromatic carbocycles. The van der Waals surface area contributed by atoms with E-state index in [2.05, 4.69) is 10.3 Å². The number of halogens is 3. The zero-order valence-corrected chi connectivity index (χ0v) is 16.9. The number of benzene rings is 1. The van der Waals surface area contributed by atoms with Gasteiger partial charge in [-0.25, -0.2) is 9.79 Å². The van der Waals surface area contributed by atoms with Crippen molar-refractivity contribution in [3.05, 3.63) is 57.9 Å². The summed E-state index contributed by atoms with van der Waals surface area (Å²) >= 11 is 0. The molecule has 0 radical (unpaired) electrons. The quantitative estimate of drug-likeness (QED) is 0.757. The van der Waals surface area contributed by atoms with Gasteiger partial charge in [-0.05, 0) is 39.3 Å². The lowest BCUT2D eigenvalue weighted by Crippen LogP contribution is -2.32. The Morgan fingerprint density at radius 3 is 2.45 bits per heavy atom. The molecular weight excluding hydrogens is 385 g/mol. The molecule has 0 fully saturated rings. The SMILES string of the molecule is COC(=O)C1=C(C)NC(C)=C(C2=NC(C)(C)CO2)C1c1ccccc1C(F)(F)F. The Morgan fingerprint density at radius 2 is 1.90 bits per heavy atom. The number of carbonyl (C=O) groups is 1. The summed E-state index contributed by atoms with van der Waals surface area (Å²) < 4.78 is 52.1. The molecule has 3 rings (SSSR count). The van der Waals surface area contributed by atoms with E-state index in [9.17, 15) is 18.0 Å². The van der Waals surface area contributed by atoms with Crippen LogP contribution in [0.3, 0.4) is 0 Å². The minimum absolute atomic E-state index is 0.0494. The fourth-order valence-corrected chi connectivity index (χ4v) is 3.70. The highest BCUT2D eigenvalue weighted by Gasteiger charge is 2.43. The van der Waals surface area contributed by atoms with Gasteiger partial charge in [0.15, 0.2) is 0 Å². The highest BCUT2D eigenvalue weighted by Crippen LogP contribution is 2.45. The van der Waals surface area contributed by atoms with Gasteiger partial charge >= 0.3 is 12.1 Å². The third kappa shape index (κ3) is 3.88. The highest BCUT2D eigenvalue weighted by molar-refractivity contribution is 6.03. The van der Waals surface area contributed by atoms with Crippen molar-refractivity contribution < 1.29 is 27.4 Å². The summed E-state index contributed by atoms with van der Waals surface area (Å²) in [7, 11) is 1.20. The third-order valence-corrected chi connectivity index (χ3v) is 4.94. The summed E-state index contributed by atoms with van der Waals surface area (Å²) in [5, 5.41) is 3.07. The number of aliphatic imine (C=N–C) groups is 1. The van der Waals surface area contributed by atoms with Gasteiger partial charge < -0.3 is 14.8 Å². The van der Waals surface area contributed by atoms with Crippen molar-refractivity contribution in [2.45, 2.75) is 45.3 Å². The molecule has 0 aliphatic carbocycles. The van der Waals surface area contributed by atoms with Gasteiger partial charge in [0.2, 0.25) is 5.90 Å². The van der Waals surface area contributed by atoms with Crippen molar-refractivity contribution in [3.63, 3.8) is 0 Å². The monoisotopic (exact) mass is 408 g/mol. The molecule has 0 aromatic heterocycles. The van der Waals surface area contributed by atoms with Crippen LogP contribution in [-0.2, 0) is 20.4 Å². The molecule has 0 bridgehead atoms. The lowest BCUT2D eigenvalue weighted by Gasteiger charge is -2.32. The van der Waals surface area contributed by atoms with Crippen molar-refractivity contribution >= 4 is 11.9 Å². The van der Waals surface area contributed by atoms with Crippen molar-refractivity contribution in [2.24, 2.45) is 4.99 Å². The Kier molecular flexibility index (Phi) is 5.23. The van der Waals surface area contributed by atoms with Gasteiger partial charge in [0.05, 0.1) is 29.7 Å². The van der Waals surface area contributed by atoms with Gasteiger partial charge in [0.1, 0.15) is 6.61 Å². The molecule has 8 heteroatoms. The molecule has 0 saturated heterocycles. The predicted molar refractivity (Wildman–Crippen MR) is 102 cm³/mol. The minimum Gasteiger partial charge on any atom is -0.475 e. The molecule has 2 heterocycles. The number of ether oxygens (including phenoxy) is 2. The van der Waals surface area contributed by atoms with Crippen molar-refractivity contribution in [1.29, 1.82) is 0 Å². The summed E-state index contributed by atoms with van der Waals surface area (Å²) in [6.07, 6.45) is -4.59. The molecule has 2 aliphatic heterocycles. The van der Waals surface area contributed by atoms with Crippen LogP contribution < -0.4 is 5.32 Å². The number of hydrogen-bond acceptors (Lipinski definition) is 5. The number of carbonyl (C=O) groups excluding carboxylic acids is 1. The number of nitrogens with one attached hydrogen (secondary N) is 1. The summed E-state index contributed by atoms with van der Waals surface area (Å²) in [5.74, 6) is -1.51. The Morgan fingerprint density at radius 1 is 1.24 bits per heavy atom. The van der Waals surface area contributed by atoms with E-state index in [4.69, 9.17) is 9.47 Å². The zero-order valence-electron chi connectivity index (χ0n) is 16.9. The summed E-state index contributed by atoms with van der Waals surface area (Å²) in [5.41, 5.74) is 0.125. The predicted octanol–water partition coefficient (Wildman–Crippen LogP) is 4.32. The topological polar surface area (TPSA) is 59.9 Å². The van der Waals surface area contributed by atoms with Gasteiger partial charge in [-0.2, -0.15) is 13.2 Å². The number of methoxy groups -OCH3 is 1. The van der Waals surface area contributed by atoms with Gasteiger partial charge in [0.25, 0.3) is 0 Å². The number of hydrogen-bond donors (Lipinski definition) is 1. The summed E-state index contributed by atoms with van der Waals surface area (Å²) in [4.78, 5) is 17.2. The van der Waals surface area contributed by atoms with Gasteiger partial charge in [-0.15, -0.1) is 0 Å². The van der Waals surface area contributed by atoms with E-state index in [0.29, 0.717) is 23.6 Å². The Labute approximate surface area is 167 Å². The van der Waals surface area contributed by atoms with E-state index in [1.165, 1.54) is 25.3 Å². The van der Waals surface area contributed by atoms with Crippen LogP contribution in [0.5, 0.6) is 0 Å². The first-order chi connectivity index (χ1) is 13.5. The molecular formula is C21H23F3N2O3. The third-order valence-electron chi connectivity index (χ3n) is 4.94. The number of esters is 1. The smallest absolute Gasteiger partial charge is 0.416 e. The van der Waals surface area contributed by atoms with Gasteiger partial charge in [0, 0.05) is 17.0 Å². The largest absolute Gasteiger partial charge is 0.475 e.